The molecule has 0 atom stereocenters. The summed E-state index contributed by atoms with van der Waals surface area (Å²) < 4.78 is 0. The zero-order valence-corrected chi connectivity index (χ0v) is 11.4. The first-order chi connectivity index (χ1) is 7.46. The predicted molar refractivity (Wildman–Crippen MR) is 70.0 cm³/mol. The average Bonchev–Trinajstić information content (AvgIpc) is 2.73. The van der Waals surface area contributed by atoms with Crippen LogP contribution in [0.1, 0.15) is 61.0 Å². The molecule has 0 bridgehead atoms. The number of hydrogen-bond donors (Lipinski definition) is 1. The summed E-state index contributed by atoms with van der Waals surface area (Å²) in [5.41, 5.74) is 7.16. The van der Waals surface area contributed by atoms with E-state index in [4.69, 9.17) is 10.7 Å². The van der Waals surface area contributed by atoms with Crippen LogP contribution in [0.2, 0.25) is 0 Å². The van der Waals surface area contributed by atoms with Crippen molar-refractivity contribution in [2.75, 3.05) is 0 Å². The van der Waals surface area contributed by atoms with Crippen molar-refractivity contribution in [3.63, 3.8) is 0 Å². The molecule has 2 nitrogen and oxygen atoms in total. The second kappa shape index (κ2) is 4.46. The van der Waals surface area contributed by atoms with Gasteiger partial charge in [-0.05, 0) is 33.6 Å². The molecule has 0 amide bonds. The monoisotopic (exact) mass is 238 g/mol. The summed E-state index contributed by atoms with van der Waals surface area (Å²) in [6, 6.07) is 0. The molecule has 1 aliphatic rings. The van der Waals surface area contributed by atoms with Crippen LogP contribution >= 0.6 is 11.3 Å². The first-order valence-electron chi connectivity index (χ1n) is 6.21. The van der Waals surface area contributed by atoms with Gasteiger partial charge in [0.15, 0.2) is 0 Å². The molecule has 2 rings (SSSR count). The van der Waals surface area contributed by atoms with Crippen molar-refractivity contribution in [2.45, 2.75) is 64.3 Å². The topological polar surface area (TPSA) is 38.9 Å². The van der Waals surface area contributed by atoms with E-state index >= 15 is 0 Å². The Hall–Kier alpha value is -0.410. The van der Waals surface area contributed by atoms with E-state index in [9.17, 15) is 0 Å². The van der Waals surface area contributed by atoms with Gasteiger partial charge in [-0.25, -0.2) is 4.98 Å². The van der Waals surface area contributed by atoms with E-state index in [-0.39, 0.29) is 5.54 Å². The Balaban J connectivity index is 2.15. The molecule has 90 valence electrons. The summed E-state index contributed by atoms with van der Waals surface area (Å²) in [4.78, 5) is 6.12. The summed E-state index contributed by atoms with van der Waals surface area (Å²) in [6.45, 7) is 6.29. The van der Waals surface area contributed by atoms with Gasteiger partial charge >= 0.3 is 0 Å². The van der Waals surface area contributed by atoms with Crippen molar-refractivity contribution in [1.29, 1.82) is 0 Å². The minimum atomic E-state index is -0.121. The molecule has 1 fully saturated rings. The van der Waals surface area contributed by atoms with Gasteiger partial charge in [-0.15, -0.1) is 11.3 Å². The SMILES string of the molecule is Cc1nc(C2CCCC2)sc1CC(C)(C)N. The van der Waals surface area contributed by atoms with Gasteiger partial charge in [0.2, 0.25) is 0 Å². The number of thiazole rings is 1. The Morgan fingerprint density at radius 1 is 1.38 bits per heavy atom. The van der Waals surface area contributed by atoms with Crippen molar-refractivity contribution < 1.29 is 0 Å². The number of nitrogens with two attached hydrogens (primary N) is 1. The van der Waals surface area contributed by atoms with Crippen LogP contribution in [0.15, 0.2) is 0 Å². The molecular formula is C13H22N2S. The number of aryl methyl sites for hydroxylation is 1. The Morgan fingerprint density at radius 2 is 2.00 bits per heavy atom. The van der Waals surface area contributed by atoms with E-state index in [1.807, 2.05) is 11.3 Å². The van der Waals surface area contributed by atoms with Crippen LogP contribution in [0.25, 0.3) is 0 Å². The Kier molecular flexibility index (Phi) is 3.36. The predicted octanol–water partition coefficient (Wildman–Crippen LogP) is 3.39. The number of rotatable bonds is 3. The molecular weight excluding hydrogens is 216 g/mol. The fourth-order valence-corrected chi connectivity index (χ4v) is 3.85. The minimum Gasteiger partial charge on any atom is -0.325 e. The van der Waals surface area contributed by atoms with Crippen LogP contribution in [0.3, 0.4) is 0 Å². The largest absolute Gasteiger partial charge is 0.325 e. The maximum atomic E-state index is 6.08. The van der Waals surface area contributed by atoms with Gasteiger partial charge < -0.3 is 5.73 Å². The van der Waals surface area contributed by atoms with Crippen LogP contribution in [0, 0.1) is 6.92 Å². The molecule has 0 radical (unpaired) electrons. The van der Waals surface area contributed by atoms with E-state index < -0.39 is 0 Å². The molecule has 1 heterocycles. The summed E-state index contributed by atoms with van der Waals surface area (Å²) in [7, 11) is 0. The number of nitrogens with zero attached hydrogens (tertiary/aromatic N) is 1. The smallest absolute Gasteiger partial charge is 0.0961 e. The lowest BCUT2D eigenvalue weighted by molar-refractivity contribution is 0.519. The number of aromatic nitrogens is 1. The Morgan fingerprint density at radius 3 is 2.56 bits per heavy atom. The Labute approximate surface area is 102 Å². The van der Waals surface area contributed by atoms with E-state index in [2.05, 4.69) is 20.8 Å². The van der Waals surface area contributed by atoms with Crippen LogP contribution in [0.4, 0.5) is 0 Å². The summed E-state index contributed by atoms with van der Waals surface area (Å²) in [6.07, 6.45) is 6.36. The van der Waals surface area contributed by atoms with Gasteiger partial charge in [-0.1, -0.05) is 12.8 Å². The second-order valence-electron chi connectivity index (χ2n) is 5.71. The molecule has 1 aromatic rings. The average molecular weight is 238 g/mol. The fourth-order valence-electron chi connectivity index (χ4n) is 2.38. The van der Waals surface area contributed by atoms with Crippen molar-refractivity contribution in [2.24, 2.45) is 5.73 Å². The van der Waals surface area contributed by atoms with Crippen LogP contribution in [-0.4, -0.2) is 10.5 Å². The fraction of sp³-hybridized carbons (Fsp3) is 0.769. The molecule has 0 unspecified atom stereocenters. The van der Waals surface area contributed by atoms with Crippen molar-refractivity contribution in [3.05, 3.63) is 15.6 Å². The Bertz CT molecular complexity index is 356. The zero-order valence-electron chi connectivity index (χ0n) is 10.5. The van der Waals surface area contributed by atoms with Crippen LogP contribution in [-0.2, 0) is 6.42 Å². The lowest BCUT2D eigenvalue weighted by atomic mass is 10.0. The molecule has 0 aliphatic heterocycles. The lowest BCUT2D eigenvalue weighted by Crippen LogP contribution is -2.34. The van der Waals surface area contributed by atoms with Gasteiger partial charge in [0.25, 0.3) is 0 Å². The van der Waals surface area contributed by atoms with Crippen molar-refractivity contribution in [3.8, 4) is 0 Å². The molecule has 0 aromatic carbocycles. The highest BCUT2D eigenvalue weighted by atomic mass is 32.1. The van der Waals surface area contributed by atoms with Gasteiger partial charge in [-0.3, -0.25) is 0 Å². The van der Waals surface area contributed by atoms with E-state index in [1.54, 1.807) is 0 Å². The van der Waals surface area contributed by atoms with Gasteiger partial charge in [-0.2, -0.15) is 0 Å². The third-order valence-corrected chi connectivity index (χ3v) is 4.55. The molecule has 2 N–H and O–H groups in total. The van der Waals surface area contributed by atoms with Crippen molar-refractivity contribution in [1.82, 2.24) is 4.98 Å². The van der Waals surface area contributed by atoms with Gasteiger partial charge in [0.05, 0.1) is 10.7 Å². The lowest BCUT2D eigenvalue weighted by Gasteiger charge is -2.17. The maximum Gasteiger partial charge on any atom is 0.0961 e. The molecule has 1 saturated carbocycles. The summed E-state index contributed by atoms with van der Waals surface area (Å²) >= 11 is 1.89. The molecule has 1 aliphatic carbocycles. The van der Waals surface area contributed by atoms with E-state index in [0.717, 1.165) is 12.3 Å². The summed E-state index contributed by atoms with van der Waals surface area (Å²) in [5, 5.41) is 1.36. The van der Waals surface area contributed by atoms with Crippen molar-refractivity contribution >= 4 is 11.3 Å². The minimum absolute atomic E-state index is 0.121. The normalized spacial score (nSPS) is 18.2. The van der Waals surface area contributed by atoms with Crippen LogP contribution < -0.4 is 5.73 Å². The first kappa shape index (κ1) is 12.1. The van der Waals surface area contributed by atoms with E-state index in [1.165, 1.54) is 41.3 Å². The molecule has 16 heavy (non-hydrogen) atoms. The molecule has 1 aromatic heterocycles. The highest BCUT2D eigenvalue weighted by Crippen LogP contribution is 2.37. The highest BCUT2D eigenvalue weighted by molar-refractivity contribution is 7.11. The molecule has 3 heteroatoms. The quantitative estimate of drug-likeness (QED) is 0.876. The maximum absolute atomic E-state index is 6.08. The highest BCUT2D eigenvalue weighted by Gasteiger charge is 2.23. The third-order valence-electron chi connectivity index (χ3n) is 3.23. The molecule has 0 saturated heterocycles. The third kappa shape index (κ3) is 2.83. The second-order valence-corrected chi connectivity index (χ2v) is 6.82. The van der Waals surface area contributed by atoms with Crippen LogP contribution in [0.5, 0.6) is 0 Å². The summed E-state index contributed by atoms with van der Waals surface area (Å²) in [5.74, 6) is 0.735. The molecule has 0 spiro atoms. The standard InChI is InChI=1S/C13H22N2S/c1-9-11(8-13(2,3)14)16-12(15-9)10-6-4-5-7-10/h10H,4-8,14H2,1-3H3. The zero-order chi connectivity index (χ0) is 11.8. The first-order valence-corrected chi connectivity index (χ1v) is 7.02. The number of hydrogen-bond acceptors (Lipinski definition) is 3. The van der Waals surface area contributed by atoms with Gasteiger partial charge in [0.1, 0.15) is 0 Å². The van der Waals surface area contributed by atoms with Gasteiger partial charge in [0, 0.05) is 22.8 Å². The van der Waals surface area contributed by atoms with E-state index in [0.29, 0.717) is 0 Å².